The molecular weight excluding hydrogens is 270 g/mol. The van der Waals surface area contributed by atoms with Gasteiger partial charge < -0.3 is 0 Å². The first kappa shape index (κ1) is 14.5. The molecule has 0 amide bonds. The van der Waals surface area contributed by atoms with Gasteiger partial charge >= 0.3 is 0 Å². The van der Waals surface area contributed by atoms with E-state index >= 15 is 0 Å². The van der Waals surface area contributed by atoms with Gasteiger partial charge in [0, 0.05) is 24.1 Å². The van der Waals surface area contributed by atoms with E-state index in [-0.39, 0.29) is 5.78 Å². The molecule has 0 aliphatic carbocycles. The molecule has 0 bridgehead atoms. The minimum atomic E-state index is 0.151. The lowest BCUT2D eigenvalue weighted by Crippen LogP contribution is -2.41. The number of ketones is 1. The number of carbonyl (C=O) groups is 1. The van der Waals surface area contributed by atoms with Gasteiger partial charge in [-0.25, -0.2) is 0 Å². The number of hydrogen-bond acceptors (Lipinski definition) is 1. The van der Waals surface area contributed by atoms with E-state index < -0.39 is 0 Å². The highest BCUT2D eigenvalue weighted by Crippen LogP contribution is 2.19. The highest BCUT2D eigenvalue weighted by molar-refractivity contribution is 6.07. The molecule has 2 aromatic carbocycles. The topological polar surface area (TPSA) is 20.9 Å². The molecule has 0 saturated heterocycles. The fourth-order valence-corrected chi connectivity index (χ4v) is 2.76. The van der Waals surface area contributed by atoms with E-state index in [9.17, 15) is 4.79 Å². The summed E-state index contributed by atoms with van der Waals surface area (Å²) >= 11 is 0. The van der Waals surface area contributed by atoms with Crippen molar-refractivity contribution in [3.8, 4) is 0 Å². The Morgan fingerprint density at radius 2 is 1.77 bits per heavy atom. The maximum absolute atomic E-state index is 12.8. The number of rotatable bonds is 4. The lowest BCUT2D eigenvalue weighted by Gasteiger charge is -2.06. The number of hydrogen-bond donors (Lipinski definition) is 0. The molecule has 2 heteroatoms. The van der Waals surface area contributed by atoms with Crippen molar-refractivity contribution >= 4 is 16.6 Å². The Labute approximate surface area is 131 Å². The van der Waals surface area contributed by atoms with Gasteiger partial charge in [0.25, 0.3) is 0 Å². The molecule has 0 N–H and O–H groups in total. The van der Waals surface area contributed by atoms with E-state index in [1.165, 1.54) is 5.56 Å². The largest absolute Gasteiger partial charge is 0.287 e. The Balaban J connectivity index is 1.97. The number of aryl methyl sites for hydroxylation is 2. The summed E-state index contributed by atoms with van der Waals surface area (Å²) in [6.07, 6.45) is 3.06. The fourth-order valence-electron chi connectivity index (χ4n) is 2.76. The van der Waals surface area contributed by atoms with Crippen LogP contribution in [-0.2, 0) is 13.0 Å². The number of carbonyl (C=O) groups excluding carboxylic acids is 1. The van der Waals surface area contributed by atoms with Crippen LogP contribution in [0.1, 0.15) is 28.5 Å². The average Bonchev–Trinajstić information content (AvgIpc) is 2.56. The van der Waals surface area contributed by atoms with Crippen LogP contribution >= 0.6 is 0 Å². The molecule has 0 aliphatic rings. The zero-order valence-corrected chi connectivity index (χ0v) is 13.0. The van der Waals surface area contributed by atoms with E-state index in [0.717, 1.165) is 28.5 Å². The van der Waals surface area contributed by atoms with Crippen molar-refractivity contribution in [2.75, 3.05) is 0 Å². The number of pyridine rings is 1. The maximum atomic E-state index is 12.8. The Hall–Kier alpha value is -2.48. The third-order valence-corrected chi connectivity index (χ3v) is 4.13. The standard InChI is InChI=1S/C20H20NO/c1-3-16-12-11-15(2)21(13-16)14-20(22)19-10-6-8-17-7-4-5-9-18(17)19/h4-13H,3,14H2,1-2H3/q+1. The second-order valence-electron chi connectivity index (χ2n) is 5.61. The molecule has 1 aromatic heterocycles. The molecule has 0 aliphatic heterocycles. The van der Waals surface area contributed by atoms with Crippen LogP contribution in [-0.4, -0.2) is 5.78 Å². The summed E-state index contributed by atoms with van der Waals surface area (Å²) in [5.41, 5.74) is 3.15. The van der Waals surface area contributed by atoms with Crippen LogP contribution < -0.4 is 4.57 Å². The Morgan fingerprint density at radius 1 is 1.00 bits per heavy atom. The lowest BCUT2D eigenvalue weighted by molar-refractivity contribution is -0.689. The molecule has 22 heavy (non-hydrogen) atoms. The van der Waals surface area contributed by atoms with Crippen molar-refractivity contribution in [3.63, 3.8) is 0 Å². The first-order chi connectivity index (χ1) is 10.7. The number of fused-ring (bicyclic) bond motifs is 1. The SMILES string of the molecule is CCc1ccc(C)[n+](CC(=O)c2cccc3ccccc23)c1. The first-order valence-corrected chi connectivity index (χ1v) is 7.69. The molecule has 0 spiro atoms. The number of Topliss-reactive ketones (excluding diaryl/α,β-unsaturated/α-hetero) is 1. The molecule has 110 valence electrons. The molecule has 1 heterocycles. The highest BCUT2D eigenvalue weighted by atomic mass is 16.1. The van der Waals surface area contributed by atoms with Crippen molar-refractivity contribution < 1.29 is 9.36 Å². The summed E-state index contributed by atoms with van der Waals surface area (Å²) in [5.74, 6) is 0.151. The van der Waals surface area contributed by atoms with Crippen molar-refractivity contribution in [3.05, 3.63) is 77.6 Å². The van der Waals surface area contributed by atoms with Gasteiger partial charge in [-0.05, 0) is 23.3 Å². The van der Waals surface area contributed by atoms with Crippen molar-refractivity contribution in [2.45, 2.75) is 26.8 Å². The molecule has 2 nitrogen and oxygen atoms in total. The minimum Gasteiger partial charge on any atom is -0.287 e. The zero-order valence-electron chi connectivity index (χ0n) is 13.0. The van der Waals surface area contributed by atoms with Gasteiger partial charge in [-0.1, -0.05) is 49.4 Å². The van der Waals surface area contributed by atoms with E-state index in [2.05, 4.69) is 25.3 Å². The van der Waals surface area contributed by atoms with Crippen LogP contribution in [0, 0.1) is 6.92 Å². The van der Waals surface area contributed by atoms with Crippen LogP contribution in [0.15, 0.2) is 60.8 Å². The molecule has 0 saturated carbocycles. The second kappa shape index (κ2) is 6.10. The molecule has 0 atom stereocenters. The molecule has 0 unspecified atom stereocenters. The second-order valence-corrected chi connectivity index (χ2v) is 5.61. The number of aromatic nitrogens is 1. The van der Waals surface area contributed by atoms with E-state index in [1.807, 2.05) is 54.0 Å². The smallest absolute Gasteiger partial charge is 0.228 e. The summed E-state index contributed by atoms with van der Waals surface area (Å²) in [5, 5.41) is 2.14. The van der Waals surface area contributed by atoms with Gasteiger partial charge in [0.2, 0.25) is 12.3 Å². The van der Waals surface area contributed by atoms with Crippen molar-refractivity contribution in [2.24, 2.45) is 0 Å². The molecule has 3 rings (SSSR count). The summed E-state index contributed by atoms with van der Waals surface area (Å²) in [4.78, 5) is 12.8. The van der Waals surface area contributed by atoms with Crippen LogP contribution in [0.2, 0.25) is 0 Å². The molecule has 0 radical (unpaired) electrons. The predicted molar refractivity (Wildman–Crippen MR) is 89.0 cm³/mol. The minimum absolute atomic E-state index is 0.151. The Kier molecular flexibility index (Phi) is 4.01. The van der Waals surface area contributed by atoms with E-state index in [0.29, 0.717) is 6.54 Å². The van der Waals surface area contributed by atoms with Gasteiger partial charge in [-0.2, -0.15) is 4.57 Å². The van der Waals surface area contributed by atoms with Crippen LogP contribution in [0.25, 0.3) is 10.8 Å². The van der Waals surface area contributed by atoms with Crippen LogP contribution in [0.5, 0.6) is 0 Å². The van der Waals surface area contributed by atoms with Gasteiger partial charge in [0.15, 0.2) is 11.9 Å². The summed E-state index contributed by atoms with van der Waals surface area (Å²) in [6.45, 7) is 4.55. The molecule has 0 fully saturated rings. The van der Waals surface area contributed by atoms with Crippen LogP contribution in [0.3, 0.4) is 0 Å². The number of benzene rings is 2. The Bertz CT molecular complexity index is 831. The van der Waals surface area contributed by atoms with Gasteiger partial charge in [-0.15, -0.1) is 0 Å². The monoisotopic (exact) mass is 290 g/mol. The van der Waals surface area contributed by atoms with Crippen LogP contribution in [0.4, 0.5) is 0 Å². The van der Waals surface area contributed by atoms with Gasteiger partial charge in [0.1, 0.15) is 0 Å². The Morgan fingerprint density at radius 3 is 2.59 bits per heavy atom. The molecular formula is C20H20NO+. The lowest BCUT2D eigenvalue weighted by atomic mass is 10.0. The zero-order chi connectivity index (χ0) is 15.5. The highest BCUT2D eigenvalue weighted by Gasteiger charge is 2.17. The summed E-state index contributed by atoms with van der Waals surface area (Å²) in [6, 6.07) is 18.2. The molecule has 3 aromatic rings. The summed E-state index contributed by atoms with van der Waals surface area (Å²) in [7, 11) is 0. The predicted octanol–water partition coefficient (Wildman–Crippen LogP) is 3.88. The average molecular weight is 290 g/mol. The third kappa shape index (κ3) is 2.77. The number of nitrogens with zero attached hydrogens (tertiary/aromatic N) is 1. The third-order valence-electron chi connectivity index (χ3n) is 4.13. The van der Waals surface area contributed by atoms with Crippen molar-refractivity contribution in [1.82, 2.24) is 0 Å². The fraction of sp³-hybridized carbons (Fsp3) is 0.200. The summed E-state index contributed by atoms with van der Waals surface area (Å²) < 4.78 is 2.04. The maximum Gasteiger partial charge on any atom is 0.228 e. The normalized spacial score (nSPS) is 10.8. The van der Waals surface area contributed by atoms with E-state index in [4.69, 9.17) is 0 Å². The van der Waals surface area contributed by atoms with E-state index in [1.54, 1.807) is 0 Å². The van der Waals surface area contributed by atoms with Gasteiger partial charge in [0.05, 0.1) is 0 Å². The van der Waals surface area contributed by atoms with Gasteiger partial charge in [-0.3, -0.25) is 4.79 Å². The first-order valence-electron chi connectivity index (χ1n) is 7.69. The quantitative estimate of drug-likeness (QED) is 0.527. The van der Waals surface area contributed by atoms with Crippen molar-refractivity contribution in [1.29, 1.82) is 0 Å².